The molecule has 0 saturated heterocycles. The molecule has 0 atom stereocenters. The van der Waals surface area contributed by atoms with Gasteiger partial charge in [-0.3, -0.25) is 5.32 Å². The van der Waals surface area contributed by atoms with Crippen LogP contribution in [0.2, 0.25) is 0 Å². The number of carbonyl (C=O) groups excluding carboxylic acids is 2. The number of hydrogen-bond acceptors (Lipinski definition) is 7. The van der Waals surface area contributed by atoms with Gasteiger partial charge in [-0.25, -0.2) is 18.4 Å². The molecule has 2 amide bonds. The normalized spacial score (nSPS) is 10.9. The van der Waals surface area contributed by atoms with Gasteiger partial charge in [-0.2, -0.15) is 4.37 Å². The Morgan fingerprint density at radius 2 is 1.85 bits per heavy atom. The number of anilines is 1. The Morgan fingerprint density at radius 1 is 1.12 bits per heavy atom. The molecule has 0 fully saturated rings. The molecule has 0 saturated carbocycles. The molecule has 0 aliphatic carbocycles. The highest BCUT2D eigenvalue weighted by atomic mass is 32.1. The number of urea groups is 1. The maximum atomic E-state index is 14.1. The highest BCUT2D eigenvalue weighted by Gasteiger charge is 2.25. The number of methoxy groups -OCH3 is 1. The van der Waals surface area contributed by atoms with Crippen LogP contribution < -0.4 is 15.4 Å². The van der Waals surface area contributed by atoms with E-state index in [1.54, 1.807) is 0 Å². The maximum Gasteiger partial charge on any atom is 0.346 e. The number of aryl methyl sites for hydroxylation is 1. The number of hydrogen-bond donors (Lipinski definition) is 2. The first-order chi connectivity index (χ1) is 15.7. The van der Waals surface area contributed by atoms with E-state index in [-0.39, 0.29) is 34.2 Å². The van der Waals surface area contributed by atoms with Crippen molar-refractivity contribution in [3.05, 3.63) is 40.5 Å². The van der Waals surface area contributed by atoms with Crippen molar-refractivity contribution in [2.24, 2.45) is 0 Å². The SMILES string of the molecule is COC(=O)c1c(OCc2cc(F)c(C)cc2F)nsc1NC(=O)NCCCCCCN(C)C. The second-order valence-corrected chi connectivity index (χ2v) is 8.54. The summed E-state index contributed by atoms with van der Waals surface area (Å²) in [5, 5.41) is 5.44. The minimum atomic E-state index is -0.773. The van der Waals surface area contributed by atoms with E-state index in [4.69, 9.17) is 9.47 Å². The zero-order valence-electron chi connectivity index (χ0n) is 19.3. The molecule has 2 N–H and O–H groups in total. The molecule has 0 bridgehead atoms. The first kappa shape index (κ1) is 26.5. The van der Waals surface area contributed by atoms with Gasteiger partial charge in [0.05, 0.1) is 7.11 Å². The van der Waals surface area contributed by atoms with Crippen molar-refractivity contribution in [3.8, 4) is 5.88 Å². The molecular formula is C22H30F2N4O4S. The van der Waals surface area contributed by atoms with Crippen LogP contribution in [0.25, 0.3) is 0 Å². The Balaban J connectivity index is 1.94. The molecule has 0 radical (unpaired) electrons. The lowest BCUT2D eigenvalue weighted by molar-refractivity contribution is 0.0596. The summed E-state index contributed by atoms with van der Waals surface area (Å²) in [4.78, 5) is 26.6. The second kappa shape index (κ2) is 13.0. The van der Waals surface area contributed by atoms with Crippen molar-refractivity contribution in [2.45, 2.75) is 39.2 Å². The zero-order valence-corrected chi connectivity index (χ0v) is 20.1. The van der Waals surface area contributed by atoms with E-state index < -0.39 is 23.6 Å². The zero-order chi connectivity index (χ0) is 24.4. The predicted molar refractivity (Wildman–Crippen MR) is 123 cm³/mol. The van der Waals surface area contributed by atoms with Crippen LogP contribution in [0.1, 0.15) is 47.2 Å². The molecule has 0 aliphatic heterocycles. The van der Waals surface area contributed by atoms with Crippen LogP contribution in [0.15, 0.2) is 12.1 Å². The third-order valence-electron chi connectivity index (χ3n) is 4.79. The number of aromatic nitrogens is 1. The molecule has 0 spiro atoms. The second-order valence-electron chi connectivity index (χ2n) is 7.76. The summed E-state index contributed by atoms with van der Waals surface area (Å²) in [5.74, 6) is -2.12. The summed E-state index contributed by atoms with van der Waals surface area (Å²) in [6, 6.07) is 1.60. The van der Waals surface area contributed by atoms with E-state index in [9.17, 15) is 18.4 Å². The molecule has 1 aromatic heterocycles. The number of unbranched alkanes of at least 4 members (excludes halogenated alkanes) is 3. The van der Waals surface area contributed by atoms with Crippen molar-refractivity contribution >= 4 is 28.5 Å². The fourth-order valence-corrected chi connectivity index (χ4v) is 3.66. The average Bonchev–Trinajstić information content (AvgIpc) is 3.16. The Morgan fingerprint density at radius 3 is 2.55 bits per heavy atom. The van der Waals surface area contributed by atoms with Crippen molar-refractivity contribution in [1.29, 1.82) is 0 Å². The summed E-state index contributed by atoms with van der Waals surface area (Å²) < 4.78 is 42.0. The first-order valence-electron chi connectivity index (χ1n) is 10.6. The topological polar surface area (TPSA) is 92.8 Å². The van der Waals surface area contributed by atoms with Gasteiger partial charge in [0.25, 0.3) is 0 Å². The fourth-order valence-electron chi connectivity index (χ4n) is 2.94. The fraction of sp³-hybridized carbons (Fsp3) is 0.500. The van der Waals surface area contributed by atoms with Crippen LogP contribution in [0.5, 0.6) is 5.88 Å². The number of halogens is 2. The Labute approximate surface area is 196 Å². The first-order valence-corrected chi connectivity index (χ1v) is 11.3. The van der Waals surface area contributed by atoms with Gasteiger partial charge in [0.15, 0.2) is 5.56 Å². The van der Waals surface area contributed by atoms with Gasteiger partial charge >= 0.3 is 12.0 Å². The van der Waals surface area contributed by atoms with E-state index in [1.807, 2.05) is 14.1 Å². The summed E-state index contributed by atoms with van der Waals surface area (Å²) in [5.41, 5.74) is 0.0558. The molecule has 182 valence electrons. The van der Waals surface area contributed by atoms with E-state index in [0.29, 0.717) is 6.54 Å². The molecule has 1 heterocycles. The lowest BCUT2D eigenvalue weighted by atomic mass is 10.1. The number of nitrogens with zero attached hydrogens (tertiary/aromatic N) is 2. The van der Waals surface area contributed by atoms with Gasteiger partial charge in [-0.1, -0.05) is 12.8 Å². The number of rotatable bonds is 12. The Bertz CT molecular complexity index is 953. The summed E-state index contributed by atoms with van der Waals surface area (Å²) in [7, 11) is 5.24. The van der Waals surface area contributed by atoms with E-state index in [1.165, 1.54) is 14.0 Å². The van der Waals surface area contributed by atoms with Gasteiger partial charge in [0.1, 0.15) is 23.2 Å². The lowest BCUT2D eigenvalue weighted by Crippen LogP contribution is -2.29. The predicted octanol–water partition coefficient (Wildman–Crippen LogP) is 4.34. The van der Waals surface area contributed by atoms with Gasteiger partial charge in [0.2, 0.25) is 5.88 Å². The maximum absolute atomic E-state index is 14.1. The number of amides is 2. The van der Waals surface area contributed by atoms with Crippen LogP contribution in [-0.4, -0.2) is 55.6 Å². The molecule has 2 rings (SSSR count). The molecule has 0 unspecified atom stereocenters. The molecular weight excluding hydrogens is 454 g/mol. The van der Waals surface area contributed by atoms with Crippen LogP contribution in [0, 0.1) is 18.6 Å². The highest BCUT2D eigenvalue weighted by Crippen LogP contribution is 2.32. The van der Waals surface area contributed by atoms with Gasteiger partial charge in [-0.05, 0) is 69.6 Å². The number of ether oxygens (including phenoxy) is 2. The molecule has 1 aromatic carbocycles. The number of nitrogens with one attached hydrogen (secondary N) is 2. The van der Waals surface area contributed by atoms with Crippen LogP contribution in [0.4, 0.5) is 18.6 Å². The molecule has 8 nitrogen and oxygen atoms in total. The third kappa shape index (κ3) is 8.25. The molecule has 2 aromatic rings. The minimum absolute atomic E-state index is 0.0280. The quantitative estimate of drug-likeness (QED) is 0.344. The number of benzene rings is 1. The molecule has 0 aliphatic rings. The van der Waals surface area contributed by atoms with Gasteiger partial charge in [-0.15, -0.1) is 0 Å². The van der Waals surface area contributed by atoms with Crippen LogP contribution in [0.3, 0.4) is 0 Å². The summed E-state index contributed by atoms with van der Waals surface area (Å²) in [6.45, 7) is 2.62. The Hall–Kier alpha value is -2.79. The van der Waals surface area contributed by atoms with E-state index in [0.717, 1.165) is 55.9 Å². The van der Waals surface area contributed by atoms with Crippen LogP contribution >= 0.6 is 11.5 Å². The lowest BCUT2D eigenvalue weighted by Gasteiger charge is -2.10. The minimum Gasteiger partial charge on any atom is -0.471 e. The summed E-state index contributed by atoms with van der Waals surface area (Å²) >= 11 is 0.826. The van der Waals surface area contributed by atoms with E-state index in [2.05, 4.69) is 19.9 Å². The molecule has 33 heavy (non-hydrogen) atoms. The summed E-state index contributed by atoms with van der Waals surface area (Å²) in [6.07, 6.45) is 4.01. The Kier molecular flexibility index (Phi) is 10.5. The number of esters is 1. The third-order valence-corrected chi connectivity index (χ3v) is 5.53. The van der Waals surface area contributed by atoms with Crippen molar-refractivity contribution in [3.63, 3.8) is 0 Å². The number of carbonyl (C=O) groups is 2. The van der Waals surface area contributed by atoms with Gasteiger partial charge in [0, 0.05) is 12.1 Å². The van der Waals surface area contributed by atoms with Crippen molar-refractivity contribution < 1.29 is 27.8 Å². The van der Waals surface area contributed by atoms with Crippen molar-refractivity contribution in [1.82, 2.24) is 14.6 Å². The highest BCUT2D eigenvalue weighted by molar-refractivity contribution is 7.11. The smallest absolute Gasteiger partial charge is 0.346 e. The standard InChI is InChI=1S/C22H30F2N4O4S/c1-14-11-17(24)15(12-16(14)23)13-32-19-18(21(29)31-4)20(33-27-19)26-22(30)25-9-7-5-6-8-10-28(2)3/h11-12H,5-10,13H2,1-4H3,(H2,25,26,30). The van der Waals surface area contributed by atoms with E-state index >= 15 is 0 Å². The van der Waals surface area contributed by atoms with Gasteiger partial charge < -0.3 is 19.7 Å². The average molecular weight is 485 g/mol. The monoisotopic (exact) mass is 484 g/mol. The van der Waals surface area contributed by atoms with Crippen molar-refractivity contribution in [2.75, 3.05) is 39.6 Å². The molecule has 11 heteroatoms. The van der Waals surface area contributed by atoms with Crippen LogP contribution in [-0.2, 0) is 11.3 Å². The largest absolute Gasteiger partial charge is 0.471 e.